The average molecular weight is 298 g/mol. The highest BCUT2D eigenvalue weighted by atomic mass is 16.6. The van der Waals surface area contributed by atoms with Gasteiger partial charge in [-0.05, 0) is 12.8 Å². The second kappa shape index (κ2) is 4.67. The Morgan fingerprint density at radius 2 is 2.14 bits per heavy atom. The van der Waals surface area contributed by atoms with Crippen LogP contribution in [0.1, 0.15) is 24.8 Å². The van der Waals surface area contributed by atoms with Gasteiger partial charge >= 0.3 is 0 Å². The summed E-state index contributed by atoms with van der Waals surface area (Å²) in [5.74, 6) is -0.318. The number of rotatable bonds is 4. The van der Waals surface area contributed by atoms with E-state index in [1.54, 1.807) is 0 Å². The standard InChI is InChI=1S/C12H18N4O5/c13-9-8(12(1-2-12)11(14)20)15-4-16(9)10-7(19)6(18)5(3-17)21-10/h4-7,10,17-19H,1-3,13H2,(H2,14,20)/t5-,6-,7-,10-/m1/s1. The van der Waals surface area contributed by atoms with E-state index in [0.29, 0.717) is 18.5 Å². The summed E-state index contributed by atoms with van der Waals surface area (Å²) < 4.78 is 6.73. The van der Waals surface area contributed by atoms with Crippen molar-refractivity contribution in [2.75, 3.05) is 12.3 Å². The minimum Gasteiger partial charge on any atom is -0.394 e. The maximum atomic E-state index is 11.5. The Morgan fingerprint density at radius 1 is 1.48 bits per heavy atom. The van der Waals surface area contributed by atoms with Crippen molar-refractivity contribution in [3.05, 3.63) is 12.0 Å². The SMILES string of the molecule is NC(=O)C1(c2ncn([C@@H]3O[C@H](CO)[C@@H](O)[C@H]3O)c2N)CC1. The number of hydrogen-bond acceptors (Lipinski definition) is 7. The summed E-state index contributed by atoms with van der Waals surface area (Å²) in [5, 5.41) is 28.8. The number of carbonyl (C=O) groups is 1. The lowest BCUT2D eigenvalue weighted by molar-refractivity contribution is -0.120. The van der Waals surface area contributed by atoms with Crippen LogP contribution in [0.15, 0.2) is 6.33 Å². The van der Waals surface area contributed by atoms with Crippen LogP contribution in [0.5, 0.6) is 0 Å². The largest absolute Gasteiger partial charge is 0.394 e. The monoisotopic (exact) mass is 298 g/mol. The summed E-state index contributed by atoms with van der Waals surface area (Å²) in [6.45, 7) is -0.429. The van der Waals surface area contributed by atoms with Gasteiger partial charge in [0.2, 0.25) is 5.91 Å². The Balaban J connectivity index is 1.92. The molecular weight excluding hydrogens is 280 g/mol. The number of aromatic nitrogens is 2. The predicted octanol–water partition coefficient (Wildman–Crippen LogP) is -2.41. The maximum Gasteiger partial charge on any atom is 0.229 e. The Labute approximate surface area is 120 Å². The number of primary amides is 1. The van der Waals surface area contributed by atoms with Gasteiger partial charge < -0.3 is 31.5 Å². The van der Waals surface area contributed by atoms with E-state index in [1.807, 2.05) is 0 Å². The van der Waals surface area contributed by atoms with E-state index in [-0.39, 0.29) is 5.82 Å². The van der Waals surface area contributed by atoms with E-state index >= 15 is 0 Å². The number of aliphatic hydroxyl groups is 3. The average Bonchev–Trinajstić information content (AvgIpc) is 3.11. The Bertz CT molecular complexity index is 570. The number of imidazole rings is 1. The number of nitrogens with zero attached hydrogens (tertiary/aromatic N) is 2. The molecule has 1 aromatic heterocycles. The minimum absolute atomic E-state index is 0.168. The number of carbonyl (C=O) groups excluding carboxylic acids is 1. The molecule has 4 atom stereocenters. The maximum absolute atomic E-state index is 11.5. The Morgan fingerprint density at radius 3 is 2.62 bits per heavy atom. The third-order valence-corrected chi connectivity index (χ3v) is 4.30. The predicted molar refractivity (Wildman–Crippen MR) is 69.8 cm³/mol. The lowest BCUT2D eigenvalue weighted by Crippen LogP contribution is -2.33. The smallest absolute Gasteiger partial charge is 0.229 e. The zero-order chi connectivity index (χ0) is 15.4. The molecule has 9 heteroatoms. The van der Waals surface area contributed by atoms with Gasteiger partial charge in [-0.1, -0.05) is 0 Å². The van der Waals surface area contributed by atoms with Crippen LogP contribution < -0.4 is 11.5 Å². The van der Waals surface area contributed by atoms with Crippen LogP contribution in [-0.4, -0.2) is 55.7 Å². The first-order valence-electron chi connectivity index (χ1n) is 6.67. The van der Waals surface area contributed by atoms with Crippen molar-refractivity contribution in [2.24, 2.45) is 5.73 Å². The van der Waals surface area contributed by atoms with Gasteiger partial charge in [0, 0.05) is 0 Å². The number of anilines is 1. The molecule has 0 radical (unpaired) electrons. The van der Waals surface area contributed by atoms with Gasteiger partial charge in [0.05, 0.1) is 24.0 Å². The summed E-state index contributed by atoms with van der Waals surface area (Å²) in [7, 11) is 0. The van der Waals surface area contributed by atoms with Crippen molar-refractivity contribution in [1.29, 1.82) is 0 Å². The molecule has 0 spiro atoms. The van der Waals surface area contributed by atoms with Crippen molar-refractivity contribution in [3.63, 3.8) is 0 Å². The molecule has 0 unspecified atom stereocenters. The highest BCUT2D eigenvalue weighted by Gasteiger charge is 2.54. The Hall–Kier alpha value is -1.68. The molecule has 0 bridgehead atoms. The third-order valence-electron chi connectivity index (χ3n) is 4.30. The van der Waals surface area contributed by atoms with Gasteiger partial charge in [0.25, 0.3) is 0 Å². The fourth-order valence-corrected chi connectivity index (χ4v) is 2.78. The highest BCUT2D eigenvalue weighted by molar-refractivity contribution is 5.90. The molecule has 21 heavy (non-hydrogen) atoms. The van der Waals surface area contributed by atoms with Crippen LogP contribution in [-0.2, 0) is 14.9 Å². The van der Waals surface area contributed by atoms with Gasteiger partial charge in [-0.15, -0.1) is 0 Å². The normalized spacial score (nSPS) is 34.0. The molecule has 1 amide bonds. The molecule has 7 N–H and O–H groups in total. The molecule has 1 aliphatic carbocycles. The molecule has 1 aromatic rings. The molecule has 1 aliphatic heterocycles. The van der Waals surface area contributed by atoms with Crippen LogP contribution in [0, 0.1) is 0 Å². The highest BCUT2D eigenvalue weighted by Crippen LogP contribution is 2.49. The lowest BCUT2D eigenvalue weighted by atomic mass is 10.0. The van der Waals surface area contributed by atoms with Gasteiger partial charge in [0.1, 0.15) is 24.1 Å². The molecule has 1 saturated carbocycles. The van der Waals surface area contributed by atoms with Gasteiger partial charge in [-0.2, -0.15) is 0 Å². The summed E-state index contributed by atoms with van der Waals surface area (Å²) in [6, 6.07) is 0. The number of hydrogen-bond donors (Lipinski definition) is 5. The summed E-state index contributed by atoms with van der Waals surface area (Å²) >= 11 is 0. The van der Waals surface area contributed by atoms with E-state index in [4.69, 9.17) is 21.3 Å². The summed E-state index contributed by atoms with van der Waals surface area (Å²) in [5.41, 5.74) is 10.9. The zero-order valence-corrected chi connectivity index (χ0v) is 11.2. The number of ether oxygens (including phenoxy) is 1. The molecule has 116 valence electrons. The first kappa shape index (κ1) is 14.3. The molecule has 2 fully saturated rings. The third kappa shape index (κ3) is 1.93. The molecule has 9 nitrogen and oxygen atoms in total. The summed E-state index contributed by atoms with van der Waals surface area (Å²) in [4.78, 5) is 15.7. The van der Waals surface area contributed by atoms with E-state index in [0.717, 1.165) is 0 Å². The molecule has 2 heterocycles. The van der Waals surface area contributed by atoms with Crippen LogP contribution in [0.3, 0.4) is 0 Å². The quantitative estimate of drug-likeness (QED) is 0.414. The molecule has 3 rings (SSSR count). The van der Waals surface area contributed by atoms with Gasteiger partial charge in [-0.3, -0.25) is 9.36 Å². The number of amides is 1. The number of aliphatic hydroxyl groups excluding tert-OH is 3. The molecule has 0 aromatic carbocycles. The van der Waals surface area contributed by atoms with E-state index in [9.17, 15) is 15.0 Å². The fourth-order valence-electron chi connectivity index (χ4n) is 2.78. The number of nitrogen functional groups attached to an aromatic ring is 1. The van der Waals surface area contributed by atoms with Crippen molar-refractivity contribution in [3.8, 4) is 0 Å². The van der Waals surface area contributed by atoms with Crippen LogP contribution in [0.25, 0.3) is 0 Å². The Kier molecular flexibility index (Phi) is 3.17. The van der Waals surface area contributed by atoms with E-state index < -0.39 is 42.5 Å². The van der Waals surface area contributed by atoms with E-state index in [1.165, 1.54) is 10.9 Å². The first-order chi connectivity index (χ1) is 9.92. The molecular formula is C12H18N4O5. The van der Waals surface area contributed by atoms with Crippen molar-refractivity contribution >= 4 is 11.7 Å². The fraction of sp³-hybridized carbons (Fsp3) is 0.667. The number of nitrogens with two attached hydrogens (primary N) is 2. The topological polar surface area (TPSA) is 157 Å². The summed E-state index contributed by atoms with van der Waals surface area (Å²) in [6.07, 6.45) is -1.84. The second-order valence-electron chi connectivity index (χ2n) is 5.56. The van der Waals surface area contributed by atoms with Gasteiger partial charge in [0.15, 0.2) is 6.23 Å². The van der Waals surface area contributed by atoms with E-state index in [2.05, 4.69) is 4.98 Å². The van der Waals surface area contributed by atoms with Crippen molar-refractivity contribution in [1.82, 2.24) is 9.55 Å². The van der Waals surface area contributed by atoms with Crippen molar-refractivity contribution < 1.29 is 24.9 Å². The van der Waals surface area contributed by atoms with Crippen molar-refractivity contribution in [2.45, 2.75) is 42.8 Å². The van der Waals surface area contributed by atoms with Crippen LogP contribution in [0.4, 0.5) is 5.82 Å². The molecule has 1 saturated heterocycles. The van der Waals surface area contributed by atoms with Crippen LogP contribution in [0.2, 0.25) is 0 Å². The first-order valence-corrected chi connectivity index (χ1v) is 6.67. The second-order valence-corrected chi connectivity index (χ2v) is 5.56. The lowest BCUT2D eigenvalue weighted by Gasteiger charge is -2.18. The zero-order valence-electron chi connectivity index (χ0n) is 11.2. The van der Waals surface area contributed by atoms with Crippen LogP contribution >= 0.6 is 0 Å². The minimum atomic E-state index is -1.25. The molecule has 2 aliphatic rings. The van der Waals surface area contributed by atoms with Gasteiger partial charge in [-0.25, -0.2) is 4.98 Å².